The number of aliphatic hydroxyl groups excluding tert-OH is 1. The number of benzene rings is 1. The van der Waals surface area contributed by atoms with Crippen molar-refractivity contribution in [1.29, 1.82) is 0 Å². The second kappa shape index (κ2) is 8.02. The van der Waals surface area contributed by atoms with Gasteiger partial charge in [-0.3, -0.25) is 0 Å². The van der Waals surface area contributed by atoms with E-state index in [9.17, 15) is 9.50 Å². The number of hydrogen-bond donors (Lipinski definition) is 2. The Hall–Kier alpha value is -1.01. The first-order valence-electron chi connectivity index (χ1n) is 7.90. The van der Waals surface area contributed by atoms with Crippen LogP contribution in [0.2, 0.25) is 0 Å². The Balaban J connectivity index is 2.01. The van der Waals surface area contributed by atoms with Crippen LogP contribution in [0.1, 0.15) is 32.3 Å². The molecule has 1 aromatic carbocycles. The minimum atomic E-state index is -0.567. The van der Waals surface area contributed by atoms with Crippen LogP contribution in [0.25, 0.3) is 0 Å². The SMILES string of the molecule is CC(C)OCC(O)CNC1(c2ccc(F)cc2)CCOCC1. The van der Waals surface area contributed by atoms with Gasteiger partial charge in [0.2, 0.25) is 0 Å². The van der Waals surface area contributed by atoms with E-state index in [1.54, 1.807) is 0 Å². The largest absolute Gasteiger partial charge is 0.389 e. The van der Waals surface area contributed by atoms with Gasteiger partial charge in [-0.15, -0.1) is 0 Å². The maximum Gasteiger partial charge on any atom is 0.123 e. The summed E-state index contributed by atoms with van der Waals surface area (Å²) in [6, 6.07) is 6.58. The lowest BCUT2D eigenvalue weighted by Crippen LogP contribution is -2.49. The van der Waals surface area contributed by atoms with Crippen molar-refractivity contribution in [2.45, 2.75) is 44.4 Å². The van der Waals surface area contributed by atoms with Crippen molar-refractivity contribution < 1.29 is 19.0 Å². The number of halogens is 1. The van der Waals surface area contributed by atoms with E-state index in [1.165, 1.54) is 12.1 Å². The highest BCUT2D eigenvalue weighted by Crippen LogP contribution is 2.32. The maximum absolute atomic E-state index is 13.2. The summed E-state index contributed by atoms with van der Waals surface area (Å²) in [5, 5.41) is 13.5. The zero-order valence-electron chi connectivity index (χ0n) is 13.3. The van der Waals surface area contributed by atoms with E-state index >= 15 is 0 Å². The molecule has 2 rings (SSSR count). The minimum absolute atomic E-state index is 0.101. The Morgan fingerprint density at radius 1 is 1.27 bits per heavy atom. The number of ether oxygens (including phenoxy) is 2. The maximum atomic E-state index is 13.2. The molecule has 1 atom stereocenters. The molecule has 1 heterocycles. The Labute approximate surface area is 131 Å². The van der Waals surface area contributed by atoms with Gasteiger partial charge in [0.05, 0.1) is 18.8 Å². The Morgan fingerprint density at radius 2 is 1.91 bits per heavy atom. The molecular weight excluding hydrogens is 285 g/mol. The van der Waals surface area contributed by atoms with E-state index in [4.69, 9.17) is 9.47 Å². The summed E-state index contributed by atoms with van der Waals surface area (Å²) < 4.78 is 24.1. The van der Waals surface area contributed by atoms with Gasteiger partial charge in [-0.2, -0.15) is 0 Å². The second-order valence-corrected chi connectivity index (χ2v) is 6.12. The first-order valence-corrected chi connectivity index (χ1v) is 7.90. The third-order valence-corrected chi connectivity index (χ3v) is 4.04. The van der Waals surface area contributed by atoms with Gasteiger partial charge >= 0.3 is 0 Å². The normalized spacial score (nSPS) is 19.3. The van der Waals surface area contributed by atoms with Gasteiger partial charge in [-0.05, 0) is 44.4 Å². The molecule has 124 valence electrons. The summed E-state index contributed by atoms with van der Waals surface area (Å²) in [5.74, 6) is -0.240. The van der Waals surface area contributed by atoms with Crippen molar-refractivity contribution in [3.8, 4) is 0 Å². The van der Waals surface area contributed by atoms with Crippen LogP contribution in [0.15, 0.2) is 24.3 Å². The highest BCUT2D eigenvalue weighted by Gasteiger charge is 2.34. The fraction of sp³-hybridized carbons (Fsp3) is 0.647. The Morgan fingerprint density at radius 3 is 2.50 bits per heavy atom. The molecule has 1 aliphatic rings. The fourth-order valence-corrected chi connectivity index (χ4v) is 2.73. The van der Waals surface area contributed by atoms with Crippen molar-refractivity contribution in [3.05, 3.63) is 35.6 Å². The average molecular weight is 311 g/mol. The van der Waals surface area contributed by atoms with Gasteiger partial charge in [0.1, 0.15) is 5.82 Å². The summed E-state index contributed by atoms with van der Waals surface area (Å²) in [6.45, 7) is 5.94. The highest BCUT2D eigenvalue weighted by atomic mass is 19.1. The predicted molar refractivity (Wildman–Crippen MR) is 83.2 cm³/mol. The smallest absolute Gasteiger partial charge is 0.123 e. The molecule has 0 aromatic heterocycles. The number of rotatable bonds is 7. The van der Waals surface area contributed by atoms with E-state index in [-0.39, 0.29) is 17.5 Å². The molecule has 1 unspecified atom stereocenters. The third kappa shape index (κ3) is 4.74. The lowest BCUT2D eigenvalue weighted by Gasteiger charge is -2.39. The number of hydrogen-bond acceptors (Lipinski definition) is 4. The van der Waals surface area contributed by atoms with Gasteiger partial charge in [-0.1, -0.05) is 12.1 Å². The van der Waals surface area contributed by atoms with E-state index in [0.29, 0.717) is 26.4 Å². The van der Waals surface area contributed by atoms with Crippen LogP contribution in [-0.2, 0) is 15.0 Å². The van der Waals surface area contributed by atoms with Crippen LogP contribution in [0.4, 0.5) is 4.39 Å². The summed E-state index contributed by atoms with van der Waals surface area (Å²) in [5.41, 5.74) is 0.763. The standard InChI is InChI=1S/C17H26FNO3/c1-13(2)22-12-16(20)11-19-17(7-9-21-10-8-17)14-3-5-15(18)6-4-14/h3-6,13,16,19-20H,7-12H2,1-2H3. The first kappa shape index (κ1) is 17.3. The van der Waals surface area contributed by atoms with Gasteiger partial charge in [0.25, 0.3) is 0 Å². The van der Waals surface area contributed by atoms with Gasteiger partial charge < -0.3 is 19.9 Å². The molecule has 1 aromatic rings. The zero-order chi connectivity index (χ0) is 16.0. The molecule has 2 N–H and O–H groups in total. The van der Waals surface area contributed by atoms with E-state index in [1.807, 2.05) is 26.0 Å². The van der Waals surface area contributed by atoms with Crippen LogP contribution >= 0.6 is 0 Å². The quantitative estimate of drug-likeness (QED) is 0.810. The van der Waals surface area contributed by atoms with Gasteiger partial charge in [0, 0.05) is 25.3 Å². The molecule has 0 saturated carbocycles. The van der Waals surface area contributed by atoms with Crippen LogP contribution in [0.5, 0.6) is 0 Å². The number of nitrogens with one attached hydrogen (secondary N) is 1. The monoisotopic (exact) mass is 311 g/mol. The van der Waals surface area contributed by atoms with Crippen molar-refractivity contribution in [2.75, 3.05) is 26.4 Å². The topological polar surface area (TPSA) is 50.7 Å². The lowest BCUT2D eigenvalue weighted by molar-refractivity contribution is -0.00625. The van der Waals surface area contributed by atoms with Crippen LogP contribution < -0.4 is 5.32 Å². The molecule has 1 saturated heterocycles. The summed E-state index contributed by atoms with van der Waals surface area (Å²) in [6.07, 6.45) is 1.14. The van der Waals surface area contributed by atoms with Gasteiger partial charge in [-0.25, -0.2) is 4.39 Å². The average Bonchev–Trinajstić information content (AvgIpc) is 2.52. The molecule has 0 amide bonds. The molecule has 1 aliphatic heterocycles. The molecule has 1 fully saturated rings. The number of aliphatic hydroxyl groups is 1. The summed E-state index contributed by atoms with van der Waals surface area (Å²) in [7, 11) is 0. The van der Waals surface area contributed by atoms with E-state index in [2.05, 4.69) is 5.32 Å². The van der Waals surface area contributed by atoms with Crippen LogP contribution in [0.3, 0.4) is 0 Å². The van der Waals surface area contributed by atoms with Crippen LogP contribution in [-0.4, -0.2) is 43.7 Å². The Kier molecular flexibility index (Phi) is 6.32. The molecule has 4 nitrogen and oxygen atoms in total. The van der Waals surface area contributed by atoms with Crippen molar-refractivity contribution in [1.82, 2.24) is 5.32 Å². The molecular formula is C17H26FNO3. The summed E-state index contributed by atoms with van der Waals surface area (Å²) in [4.78, 5) is 0. The molecule has 0 radical (unpaired) electrons. The zero-order valence-corrected chi connectivity index (χ0v) is 13.3. The molecule has 5 heteroatoms. The molecule has 0 bridgehead atoms. The van der Waals surface area contributed by atoms with Crippen LogP contribution in [0, 0.1) is 5.82 Å². The van der Waals surface area contributed by atoms with Crippen molar-refractivity contribution in [2.24, 2.45) is 0 Å². The van der Waals surface area contributed by atoms with Crippen molar-refractivity contribution in [3.63, 3.8) is 0 Å². The second-order valence-electron chi connectivity index (χ2n) is 6.12. The summed E-state index contributed by atoms with van der Waals surface area (Å²) >= 11 is 0. The van der Waals surface area contributed by atoms with E-state index in [0.717, 1.165) is 18.4 Å². The predicted octanol–water partition coefficient (Wildman–Crippen LogP) is 2.21. The van der Waals surface area contributed by atoms with Crippen molar-refractivity contribution >= 4 is 0 Å². The molecule has 0 spiro atoms. The third-order valence-electron chi connectivity index (χ3n) is 4.04. The highest BCUT2D eigenvalue weighted by molar-refractivity contribution is 5.25. The molecule has 0 aliphatic carbocycles. The Bertz CT molecular complexity index is 444. The molecule has 22 heavy (non-hydrogen) atoms. The minimum Gasteiger partial charge on any atom is -0.389 e. The fourth-order valence-electron chi connectivity index (χ4n) is 2.73. The lowest BCUT2D eigenvalue weighted by atomic mass is 9.82. The van der Waals surface area contributed by atoms with E-state index < -0.39 is 6.10 Å². The first-order chi connectivity index (χ1) is 10.5. The van der Waals surface area contributed by atoms with Gasteiger partial charge in [0.15, 0.2) is 0 Å².